The van der Waals surface area contributed by atoms with Crippen molar-refractivity contribution < 1.29 is 0 Å². The molecule has 0 radical (unpaired) electrons. The molecule has 1 aliphatic heterocycles. The summed E-state index contributed by atoms with van der Waals surface area (Å²) < 4.78 is 2.32. The quantitative estimate of drug-likeness (QED) is 0.844. The maximum absolute atomic E-state index is 4.39. The fourth-order valence-corrected chi connectivity index (χ4v) is 2.83. The number of aromatic nitrogens is 4. The molecule has 1 aliphatic rings. The van der Waals surface area contributed by atoms with Gasteiger partial charge in [-0.1, -0.05) is 12.5 Å². The van der Waals surface area contributed by atoms with Crippen LogP contribution in [0, 0.1) is 0 Å². The van der Waals surface area contributed by atoms with E-state index in [1.165, 1.54) is 25.1 Å². The Morgan fingerprint density at radius 3 is 3.00 bits per heavy atom. The number of aryl methyl sites for hydroxylation is 1. The van der Waals surface area contributed by atoms with E-state index in [-0.39, 0.29) is 0 Å². The smallest absolute Gasteiger partial charge is 0.147 e. The lowest BCUT2D eigenvalue weighted by Crippen LogP contribution is -2.23. The summed E-state index contributed by atoms with van der Waals surface area (Å²) in [5, 5.41) is 8.75. The van der Waals surface area contributed by atoms with Crippen LogP contribution in [0.1, 0.15) is 36.6 Å². The molecule has 0 saturated carbocycles. The van der Waals surface area contributed by atoms with Gasteiger partial charge in [-0.25, -0.2) is 0 Å². The van der Waals surface area contributed by atoms with E-state index in [4.69, 9.17) is 0 Å². The Hall–Kier alpha value is -1.75. The van der Waals surface area contributed by atoms with Crippen LogP contribution in [-0.4, -0.2) is 38.2 Å². The van der Waals surface area contributed by atoms with Crippen molar-refractivity contribution in [3.63, 3.8) is 0 Å². The van der Waals surface area contributed by atoms with Gasteiger partial charge in [-0.05, 0) is 32.0 Å². The molecule has 0 aliphatic carbocycles. The first-order valence-corrected chi connectivity index (χ1v) is 7.82. The van der Waals surface area contributed by atoms with Gasteiger partial charge in [-0.3, -0.25) is 9.88 Å². The third-order valence-corrected chi connectivity index (χ3v) is 4.07. The fraction of sp³-hybridized carbons (Fsp3) is 0.562. The average Bonchev–Trinajstić information content (AvgIpc) is 2.74. The monoisotopic (exact) mass is 285 g/mol. The van der Waals surface area contributed by atoms with Crippen molar-refractivity contribution >= 4 is 0 Å². The summed E-state index contributed by atoms with van der Waals surface area (Å²) in [4.78, 5) is 6.67. The van der Waals surface area contributed by atoms with Crippen molar-refractivity contribution in [1.82, 2.24) is 24.6 Å². The van der Waals surface area contributed by atoms with Crippen molar-refractivity contribution in [3.05, 3.63) is 41.7 Å². The minimum Gasteiger partial charge on any atom is -0.314 e. The van der Waals surface area contributed by atoms with E-state index in [0.29, 0.717) is 0 Å². The molecule has 0 aromatic carbocycles. The predicted molar refractivity (Wildman–Crippen MR) is 81.9 cm³/mol. The Kier molecular flexibility index (Phi) is 4.60. The second-order valence-electron chi connectivity index (χ2n) is 5.80. The van der Waals surface area contributed by atoms with Crippen molar-refractivity contribution in [2.45, 2.75) is 45.2 Å². The van der Waals surface area contributed by atoms with E-state index in [1.807, 2.05) is 18.3 Å². The molecule has 0 amide bonds. The second kappa shape index (κ2) is 6.80. The Bertz CT molecular complexity index is 563. The SMILES string of the molecule is CN(CCc1ccccn1)Cc1nnc2n1CCCCC2. The van der Waals surface area contributed by atoms with Crippen LogP contribution in [-0.2, 0) is 25.9 Å². The molecule has 0 N–H and O–H groups in total. The average molecular weight is 285 g/mol. The molecule has 112 valence electrons. The Labute approximate surface area is 126 Å². The molecule has 5 heteroatoms. The van der Waals surface area contributed by atoms with Gasteiger partial charge in [-0.2, -0.15) is 0 Å². The lowest BCUT2D eigenvalue weighted by Gasteiger charge is -2.16. The highest BCUT2D eigenvalue weighted by molar-refractivity contribution is 5.04. The lowest BCUT2D eigenvalue weighted by atomic mass is 10.2. The maximum Gasteiger partial charge on any atom is 0.147 e. The number of pyridine rings is 1. The Morgan fingerprint density at radius 1 is 1.19 bits per heavy atom. The molecule has 0 bridgehead atoms. The standard InChI is InChI=1S/C16H23N5/c1-20(12-9-14-7-4-5-10-17-14)13-16-19-18-15-8-3-2-6-11-21(15)16/h4-5,7,10H,2-3,6,8-9,11-13H2,1H3. The molecule has 5 nitrogen and oxygen atoms in total. The molecule has 21 heavy (non-hydrogen) atoms. The van der Waals surface area contributed by atoms with E-state index < -0.39 is 0 Å². The van der Waals surface area contributed by atoms with Crippen LogP contribution < -0.4 is 0 Å². The van der Waals surface area contributed by atoms with Crippen LogP contribution in [0.5, 0.6) is 0 Å². The minimum atomic E-state index is 0.861. The molecular formula is C16H23N5. The van der Waals surface area contributed by atoms with Crippen molar-refractivity contribution in [3.8, 4) is 0 Å². The van der Waals surface area contributed by atoms with E-state index in [2.05, 4.69) is 37.8 Å². The number of fused-ring (bicyclic) bond motifs is 1. The van der Waals surface area contributed by atoms with Gasteiger partial charge in [0.1, 0.15) is 11.6 Å². The van der Waals surface area contributed by atoms with Crippen molar-refractivity contribution in [1.29, 1.82) is 0 Å². The van der Waals surface area contributed by atoms with Crippen molar-refractivity contribution in [2.24, 2.45) is 0 Å². The molecular weight excluding hydrogens is 262 g/mol. The first-order chi connectivity index (χ1) is 10.3. The molecule has 3 rings (SSSR count). The third-order valence-electron chi connectivity index (χ3n) is 4.07. The highest BCUT2D eigenvalue weighted by Gasteiger charge is 2.15. The van der Waals surface area contributed by atoms with Gasteiger partial charge in [0, 0.05) is 37.8 Å². The van der Waals surface area contributed by atoms with Crippen LogP contribution in [0.3, 0.4) is 0 Å². The maximum atomic E-state index is 4.39. The fourth-order valence-electron chi connectivity index (χ4n) is 2.83. The molecule has 0 saturated heterocycles. The molecule has 3 heterocycles. The topological polar surface area (TPSA) is 46.8 Å². The largest absolute Gasteiger partial charge is 0.314 e. The molecule has 0 atom stereocenters. The summed E-state index contributed by atoms with van der Waals surface area (Å²) in [7, 11) is 2.14. The predicted octanol–water partition coefficient (Wildman–Crippen LogP) is 2.07. The summed E-state index contributed by atoms with van der Waals surface area (Å²) in [5.74, 6) is 2.27. The number of likely N-dealkylation sites (N-methyl/N-ethyl adjacent to an activating group) is 1. The zero-order valence-electron chi connectivity index (χ0n) is 12.7. The molecule has 2 aromatic heterocycles. The Morgan fingerprint density at radius 2 is 2.14 bits per heavy atom. The van der Waals surface area contributed by atoms with Gasteiger partial charge < -0.3 is 4.57 Å². The summed E-state index contributed by atoms with van der Waals surface area (Å²) in [6.45, 7) is 2.92. The summed E-state index contributed by atoms with van der Waals surface area (Å²) >= 11 is 0. The van der Waals surface area contributed by atoms with Crippen LogP contribution in [0.15, 0.2) is 24.4 Å². The first kappa shape index (κ1) is 14.2. The highest BCUT2D eigenvalue weighted by Crippen LogP contribution is 2.15. The highest BCUT2D eigenvalue weighted by atomic mass is 15.3. The van der Waals surface area contributed by atoms with Gasteiger partial charge in [0.2, 0.25) is 0 Å². The van der Waals surface area contributed by atoms with Gasteiger partial charge in [0.15, 0.2) is 0 Å². The van der Waals surface area contributed by atoms with Gasteiger partial charge >= 0.3 is 0 Å². The normalized spacial score (nSPS) is 15.0. The van der Waals surface area contributed by atoms with Gasteiger partial charge in [0.25, 0.3) is 0 Å². The number of nitrogens with zero attached hydrogens (tertiary/aromatic N) is 5. The second-order valence-corrected chi connectivity index (χ2v) is 5.80. The van der Waals surface area contributed by atoms with Crippen LogP contribution in [0.4, 0.5) is 0 Å². The molecule has 0 unspecified atom stereocenters. The summed E-state index contributed by atoms with van der Waals surface area (Å²) in [6, 6.07) is 6.08. The van der Waals surface area contributed by atoms with E-state index >= 15 is 0 Å². The zero-order valence-corrected chi connectivity index (χ0v) is 12.7. The van der Waals surface area contributed by atoms with E-state index in [0.717, 1.165) is 44.0 Å². The number of hydrogen-bond donors (Lipinski definition) is 0. The van der Waals surface area contributed by atoms with Crippen molar-refractivity contribution in [2.75, 3.05) is 13.6 Å². The van der Waals surface area contributed by atoms with Gasteiger partial charge in [0.05, 0.1) is 6.54 Å². The van der Waals surface area contributed by atoms with E-state index in [9.17, 15) is 0 Å². The zero-order chi connectivity index (χ0) is 14.5. The molecule has 0 spiro atoms. The summed E-state index contributed by atoms with van der Waals surface area (Å²) in [5.41, 5.74) is 1.14. The van der Waals surface area contributed by atoms with Crippen LogP contribution >= 0.6 is 0 Å². The molecule has 2 aromatic rings. The van der Waals surface area contributed by atoms with Crippen LogP contribution in [0.2, 0.25) is 0 Å². The Balaban J connectivity index is 1.57. The third kappa shape index (κ3) is 3.67. The van der Waals surface area contributed by atoms with Gasteiger partial charge in [-0.15, -0.1) is 10.2 Å². The van der Waals surface area contributed by atoms with E-state index in [1.54, 1.807) is 0 Å². The van der Waals surface area contributed by atoms with Crippen LogP contribution in [0.25, 0.3) is 0 Å². The lowest BCUT2D eigenvalue weighted by molar-refractivity contribution is 0.314. The first-order valence-electron chi connectivity index (χ1n) is 7.82. The molecule has 0 fully saturated rings. The number of hydrogen-bond acceptors (Lipinski definition) is 4. The number of rotatable bonds is 5. The summed E-state index contributed by atoms with van der Waals surface area (Å²) in [6.07, 6.45) is 7.69. The minimum absolute atomic E-state index is 0.861.